The first-order valence-corrected chi connectivity index (χ1v) is 5.58. The van der Waals surface area contributed by atoms with E-state index in [0.717, 1.165) is 11.3 Å². The maximum Gasteiger partial charge on any atom is 0.252 e. The highest BCUT2D eigenvalue weighted by molar-refractivity contribution is 5.99. The highest BCUT2D eigenvalue weighted by atomic mass is 16.1. The molecule has 0 unspecified atom stereocenters. The fourth-order valence-corrected chi connectivity index (χ4v) is 1.92. The Morgan fingerprint density at radius 2 is 1.89 bits per heavy atom. The Hall–Kier alpha value is -2.89. The van der Waals surface area contributed by atoms with Crippen LogP contribution < -0.4 is 11.5 Å². The summed E-state index contributed by atoms with van der Waals surface area (Å²) >= 11 is 0. The van der Waals surface area contributed by atoms with Gasteiger partial charge in [-0.2, -0.15) is 0 Å². The number of nitrogens with two attached hydrogens (primary N) is 2. The van der Waals surface area contributed by atoms with E-state index in [1.54, 1.807) is 24.3 Å². The third-order valence-electron chi connectivity index (χ3n) is 2.85. The number of fused-ring (bicyclic) bond motifs is 1. The van der Waals surface area contributed by atoms with Gasteiger partial charge < -0.3 is 11.5 Å². The van der Waals surface area contributed by atoms with E-state index in [1.807, 2.05) is 12.1 Å². The molecule has 4 N–H and O–H groups in total. The molecule has 2 heterocycles. The van der Waals surface area contributed by atoms with Crippen molar-refractivity contribution in [3.8, 4) is 11.3 Å². The summed E-state index contributed by atoms with van der Waals surface area (Å²) in [5.74, 6) is -0.546. The van der Waals surface area contributed by atoms with Crippen molar-refractivity contribution >= 4 is 17.2 Å². The van der Waals surface area contributed by atoms with Crippen LogP contribution in [-0.2, 0) is 0 Å². The Balaban J connectivity index is 2.26. The number of carbonyl (C=O) groups excluding carboxylic acids is 1. The first-order valence-electron chi connectivity index (χ1n) is 5.58. The standard InChI is InChI=1S/C13H10N5O/c14-9-3-1-8(2-4-9)11-6-5-10(12(15)19)13-16-7-17-18(11)13/h1-6H,14H2,(H2,15,19). The molecule has 1 radical (unpaired) electrons. The molecule has 2 aromatic heterocycles. The summed E-state index contributed by atoms with van der Waals surface area (Å²) in [5, 5.41) is 4.00. The molecule has 3 aromatic rings. The molecule has 1 aromatic carbocycles. The van der Waals surface area contributed by atoms with Crippen molar-refractivity contribution in [3.63, 3.8) is 0 Å². The minimum atomic E-state index is -0.546. The van der Waals surface area contributed by atoms with E-state index in [9.17, 15) is 4.79 Å². The van der Waals surface area contributed by atoms with Gasteiger partial charge in [-0.3, -0.25) is 4.79 Å². The van der Waals surface area contributed by atoms with Crippen molar-refractivity contribution < 1.29 is 4.79 Å². The summed E-state index contributed by atoms with van der Waals surface area (Å²) in [6, 6.07) is 10.7. The fraction of sp³-hybridized carbons (Fsp3) is 0. The number of primary amides is 1. The number of amides is 1. The maximum absolute atomic E-state index is 11.3. The Morgan fingerprint density at radius 3 is 2.58 bits per heavy atom. The van der Waals surface area contributed by atoms with Crippen molar-refractivity contribution in [3.05, 3.63) is 48.3 Å². The van der Waals surface area contributed by atoms with E-state index in [-0.39, 0.29) is 0 Å². The molecule has 0 fully saturated rings. The second-order valence-electron chi connectivity index (χ2n) is 4.07. The summed E-state index contributed by atoms with van der Waals surface area (Å²) in [5.41, 5.74) is 14.0. The van der Waals surface area contributed by atoms with Crippen molar-refractivity contribution in [2.45, 2.75) is 0 Å². The fourth-order valence-electron chi connectivity index (χ4n) is 1.92. The van der Waals surface area contributed by atoms with Crippen LogP contribution in [0, 0.1) is 6.33 Å². The van der Waals surface area contributed by atoms with Crippen LogP contribution in [-0.4, -0.2) is 20.5 Å². The molecule has 1 amide bonds. The van der Waals surface area contributed by atoms with Crippen LogP contribution in [0.1, 0.15) is 10.4 Å². The van der Waals surface area contributed by atoms with E-state index in [2.05, 4.69) is 16.4 Å². The Morgan fingerprint density at radius 1 is 1.16 bits per heavy atom. The topological polar surface area (TPSA) is 99.3 Å². The Labute approximate surface area is 108 Å². The van der Waals surface area contributed by atoms with Crippen LogP contribution >= 0.6 is 0 Å². The van der Waals surface area contributed by atoms with Crippen LogP contribution in [0.25, 0.3) is 16.9 Å². The zero-order valence-corrected chi connectivity index (χ0v) is 9.87. The molecule has 0 aliphatic rings. The lowest BCUT2D eigenvalue weighted by atomic mass is 10.1. The predicted molar refractivity (Wildman–Crippen MR) is 70.2 cm³/mol. The lowest BCUT2D eigenvalue weighted by Crippen LogP contribution is -2.13. The molecular formula is C13H10N5O. The third kappa shape index (κ3) is 1.79. The minimum absolute atomic E-state index is 0.313. The van der Waals surface area contributed by atoms with Gasteiger partial charge in [-0.15, -0.1) is 5.10 Å². The van der Waals surface area contributed by atoms with Crippen molar-refractivity contribution in [2.24, 2.45) is 5.73 Å². The van der Waals surface area contributed by atoms with Crippen molar-refractivity contribution in [2.75, 3.05) is 5.73 Å². The van der Waals surface area contributed by atoms with Crippen LogP contribution in [0.5, 0.6) is 0 Å². The van der Waals surface area contributed by atoms with Crippen LogP contribution in [0.2, 0.25) is 0 Å². The lowest BCUT2D eigenvalue weighted by Gasteiger charge is -2.06. The summed E-state index contributed by atoms with van der Waals surface area (Å²) in [4.78, 5) is 15.3. The number of nitrogens with zero attached hydrogens (tertiary/aromatic N) is 3. The molecule has 0 aliphatic heterocycles. The molecule has 0 spiro atoms. The number of benzene rings is 1. The van der Waals surface area contributed by atoms with Crippen LogP contribution in [0.4, 0.5) is 5.69 Å². The van der Waals surface area contributed by atoms with Gasteiger partial charge in [-0.25, -0.2) is 9.50 Å². The van der Waals surface area contributed by atoms with Gasteiger partial charge >= 0.3 is 0 Å². The third-order valence-corrected chi connectivity index (χ3v) is 2.85. The van der Waals surface area contributed by atoms with Gasteiger partial charge in [0, 0.05) is 11.3 Å². The molecule has 6 nitrogen and oxygen atoms in total. The number of pyridine rings is 1. The Bertz CT molecular complexity index is 760. The SMILES string of the molecule is NC(=O)c1ccc(-c2ccc(N)cc2)n2n[c]nc12. The summed E-state index contributed by atoms with van der Waals surface area (Å²) < 4.78 is 1.53. The van der Waals surface area contributed by atoms with Crippen molar-refractivity contribution in [1.29, 1.82) is 0 Å². The molecule has 0 bridgehead atoms. The summed E-state index contributed by atoms with van der Waals surface area (Å²) in [7, 11) is 0. The molecule has 0 saturated carbocycles. The number of nitrogen functional groups attached to an aromatic ring is 1. The number of hydrogen-bond donors (Lipinski definition) is 2. The number of hydrogen-bond acceptors (Lipinski definition) is 4. The molecular weight excluding hydrogens is 242 g/mol. The summed E-state index contributed by atoms with van der Waals surface area (Å²) in [6.45, 7) is 0. The molecule has 93 valence electrons. The highest BCUT2D eigenvalue weighted by Crippen LogP contribution is 2.22. The minimum Gasteiger partial charge on any atom is -0.399 e. The maximum atomic E-state index is 11.3. The molecule has 6 heteroatoms. The lowest BCUT2D eigenvalue weighted by molar-refractivity contribution is 0.100. The van der Waals surface area contributed by atoms with E-state index in [1.165, 1.54) is 4.52 Å². The monoisotopic (exact) mass is 252 g/mol. The van der Waals surface area contributed by atoms with E-state index in [0.29, 0.717) is 16.9 Å². The zero-order valence-electron chi connectivity index (χ0n) is 9.87. The molecule has 19 heavy (non-hydrogen) atoms. The van der Waals surface area contributed by atoms with Gasteiger partial charge in [-0.1, -0.05) is 12.1 Å². The molecule has 0 atom stereocenters. The van der Waals surface area contributed by atoms with Gasteiger partial charge in [0.2, 0.25) is 6.33 Å². The normalized spacial score (nSPS) is 10.7. The largest absolute Gasteiger partial charge is 0.399 e. The molecule has 0 aliphatic carbocycles. The van der Waals surface area contributed by atoms with E-state index < -0.39 is 5.91 Å². The van der Waals surface area contributed by atoms with E-state index in [4.69, 9.17) is 11.5 Å². The van der Waals surface area contributed by atoms with E-state index >= 15 is 0 Å². The van der Waals surface area contributed by atoms with Gasteiger partial charge in [0.15, 0.2) is 5.65 Å². The highest BCUT2D eigenvalue weighted by Gasteiger charge is 2.13. The smallest absolute Gasteiger partial charge is 0.252 e. The second kappa shape index (κ2) is 4.09. The van der Waals surface area contributed by atoms with Gasteiger partial charge in [0.1, 0.15) is 0 Å². The average molecular weight is 252 g/mol. The Kier molecular flexibility index (Phi) is 2.42. The predicted octanol–water partition coefficient (Wildman–Crippen LogP) is 0.878. The number of rotatable bonds is 2. The summed E-state index contributed by atoms with van der Waals surface area (Å²) in [6.07, 6.45) is 2.49. The van der Waals surface area contributed by atoms with Gasteiger partial charge in [0.05, 0.1) is 11.3 Å². The quantitative estimate of drug-likeness (QED) is 0.661. The number of anilines is 1. The molecule has 3 rings (SSSR count). The van der Waals surface area contributed by atoms with Gasteiger partial charge in [0.25, 0.3) is 5.91 Å². The average Bonchev–Trinajstić information content (AvgIpc) is 2.87. The van der Waals surface area contributed by atoms with Crippen LogP contribution in [0.15, 0.2) is 36.4 Å². The first kappa shape index (κ1) is 11.2. The number of carbonyl (C=O) groups is 1. The zero-order chi connectivity index (χ0) is 13.4. The van der Waals surface area contributed by atoms with Crippen LogP contribution in [0.3, 0.4) is 0 Å². The molecule has 0 saturated heterocycles. The number of aromatic nitrogens is 3. The van der Waals surface area contributed by atoms with Crippen molar-refractivity contribution in [1.82, 2.24) is 14.6 Å². The first-order chi connectivity index (χ1) is 9.16. The second-order valence-corrected chi connectivity index (χ2v) is 4.07. The van der Waals surface area contributed by atoms with Gasteiger partial charge in [-0.05, 0) is 24.3 Å².